The van der Waals surface area contributed by atoms with Crippen molar-refractivity contribution in [2.24, 2.45) is 0 Å². The summed E-state index contributed by atoms with van der Waals surface area (Å²) in [5.41, 5.74) is 1.65. The summed E-state index contributed by atoms with van der Waals surface area (Å²) >= 11 is 1.68. The van der Waals surface area contributed by atoms with Crippen LogP contribution in [0.3, 0.4) is 0 Å². The van der Waals surface area contributed by atoms with Crippen LogP contribution in [-0.2, 0) is 27.5 Å². The molecule has 0 spiro atoms. The van der Waals surface area contributed by atoms with Gasteiger partial charge in [0.05, 0.1) is 23.8 Å². The quantitative estimate of drug-likeness (QED) is 0.454. The van der Waals surface area contributed by atoms with E-state index in [1.165, 1.54) is 29.7 Å². The summed E-state index contributed by atoms with van der Waals surface area (Å²) in [7, 11) is -1.96. The number of hydrogen-bond donors (Lipinski definition) is 0. The summed E-state index contributed by atoms with van der Waals surface area (Å²) in [5, 5.41) is 0. The lowest BCUT2D eigenvalue weighted by Gasteiger charge is -2.22. The average Bonchev–Trinajstić information content (AvgIpc) is 3.20. The Morgan fingerprint density at radius 1 is 1.00 bits per heavy atom. The minimum absolute atomic E-state index is 0.0856. The first-order valence-electron chi connectivity index (χ1n) is 10.1. The minimum Gasteiger partial charge on any atom is -0.384 e. The van der Waals surface area contributed by atoms with Crippen LogP contribution < -0.4 is 0 Å². The maximum absolute atomic E-state index is 13.3. The summed E-state index contributed by atoms with van der Waals surface area (Å²) in [6.07, 6.45) is 0.750. The fraction of sp³-hybridized carbons (Fsp3) is 0.292. The molecule has 0 unspecified atom stereocenters. The number of hydrogen-bond acceptors (Lipinski definition) is 5. The van der Waals surface area contributed by atoms with Crippen molar-refractivity contribution in [1.29, 1.82) is 0 Å². The molecule has 0 bridgehead atoms. The smallest absolute Gasteiger partial charge is 0.254 e. The van der Waals surface area contributed by atoms with Crippen molar-refractivity contribution >= 4 is 27.1 Å². The minimum atomic E-state index is -3.43. The predicted octanol–water partition coefficient (Wildman–Crippen LogP) is 4.36. The molecule has 1 aromatic heterocycles. The molecule has 0 aliphatic rings. The highest BCUT2D eigenvalue weighted by Crippen LogP contribution is 2.20. The van der Waals surface area contributed by atoms with Crippen molar-refractivity contribution in [3.63, 3.8) is 0 Å². The largest absolute Gasteiger partial charge is 0.384 e. The number of carbonyl (C=O) groups excluding carboxylic acids is 1. The van der Waals surface area contributed by atoms with Crippen LogP contribution in [0.15, 0.2) is 71.6 Å². The van der Waals surface area contributed by atoms with Crippen molar-refractivity contribution < 1.29 is 17.9 Å². The molecule has 0 radical (unpaired) electrons. The highest BCUT2D eigenvalue weighted by atomic mass is 32.2. The number of benzene rings is 2. The Balaban J connectivity index is 1.77. The molecule has 7 heteroatoms. The number of ether oxygens (including phenoxy) is 1. The normalized spacial score (nSPS) is 11.4. The second-order valence-corrected chi connectivity index (χ2v) is 10.8. The first-order valence-corrected chi connectivity index (χ1v) is 12.6. The summed E-state index contributed by atoms with van der Waals surface area (Å²) < 4.78 is 29.5. The highest BCUT2D eigenvalue weighted by Gasteiger charge is 2.19. The zero-order valence-electron chi connectivity index (χ0n) is 17.8. The van der Waals surface area contributed by atoms with Crippen LogP contribution in [0.25, 0.3) is 0 Å². The Kier molecular flexibility index (Phi) is 8.01. The summed E-state index contributed by atoms with van der Waals surface area (Å²) in [6.45, 7) is 3.29. The third kappa shape index (κ3) is 6.50. The van der Waals surface area contributed by atoms with Crippen LogP contribution in [0.4, 0.5) is 0 Å². The Hall–Kier alpha value is -2.48. The van der Waals surface area contributed by atoms with E-state index in [4.69, 9.17) is 4.74 Å². The van der Waals surface area contributed by atoms with E-state index in [2.05, 4.69) is 18.2 Å². The first-order chi connectivity index (χ1) is 14.9. The molecule has 0 N–H and O–H groups in total. The average molecular weight is 458 g/mol. The molecular formula is C24H27NO4S2. The summed E-state index contributed by atoms with van der Waals surface area (Å²) in [5.74, 6) is -0.194. The van der Waals surface area contributed by atoms with Crippen molar-refractivity contribution in [3.8, 4) is 0 Å². The van der Waals surface area contributed by atoms with Gasteiger partial charge >= 0.3 is 0 Å². The molecule has 1 heterocycles. The van der Waals surface area contributed by atoms with E-state index in [-0.39, 0.29) is 23.2 Å². The maximum Gasteiger partial charge on any atom is 0.254 e. The van der Waals surface area contributed by atoms with Crippen LogP contribution in [0.5, 0.6) is 0 Å². The van der Waals surface area contributed by atoms with E-state index in [0.29, 0.717) is 18.7 Å². The standard InChI is InChI=1S/C24H27NO4S2/c1-19-8-11-22(30-19)18-25(15-14-20-6-4-3-5-7-20)24(26)21-9-12-23(13-10-21)31(27,28)17-16-29-2/h3-13H,14-18H2,1-2H3. The van der Waals surface area contributed by atoms with Crippen molar-refractivity contribution in [3.05, 3.63) is 87.6 Å². The molecule has 3 aromatic rings. The lowest BCUT2D eigenvalue weighted by atomic mass is 10.1. The number of rotatable bonds is 10. The van der Waals surface area contributed by atoms with Gasteiger partial charge in [-0.05, 0) is 55.3 Å². The zero-order chi connectivity index (χ0) is 22.3. The van der Waals surface area contributed by atoms with Gasteiger partial charge in [-0.1, -0.05) is 30.3 Å². The molecule has 0 fully saturated rings. The van der Waals surface area contributed by atoms with E-state index in [9.17, 15) is 13.2 Å². The SMILES string of the molecule is COCCS(=O)(=O)c1ccc(C(=O)N(CCc2ccccc2)Cc2ccc(C)s2)cc1. The van der Waals surface area contributed by atoms with Gasteiger partial charge in [0.2, 0.25) is 0 Å². The Labute approximate surface area is 188 Å². The predicted molar refractivity (Wildman–Crippen MR) is 124 cm³/mol. The number of thiophene rings is 1. The lowest BCUT2D eigenvalue weighted by Crippen LogP contribution is -2.32. The van der Waals surface area contributed by atoms with Gasteiger partial charge in [0.25, 0.3) is 5.91 Å². The number of amides is 1. The van der Waals surface area contributed by atoms with Gasteiger partial charge in [0.1, 0.15) is 0 Å². The van der Waals surface area contributed by atoms with Crippen LogP contribution >= 0.6 is 11.3 Å². The molecule has 31 heavy (non-hydrogen) atoms. The van der Waals surface area contributed by atoms with Gasteiger partial charge < -0.3 is 9.64 Å². The number of carbonyl (C=O) groups is 1. The molecule has 1 amide bonds. The first kappa shape index (κ1) is 23.2. The van der Waals surface area contributed by atoms with Gasteiger partial charge in [-0.15, -0.1) is 11.3 Å². The highest BCUT2D eigenvalue weighted by molar-refractivity contribution is 7.91. The van der Waals surface area contributed by atoms with Crippen LogP contribution in [-0.4, -0.2) is 45.2 Å². The fourth-order valence-corrected chi connectivity index (χ4v) is 5.30. The molecule has 2 aromatic carbocycles. The number of nitrogens with zero attached hydrogens (tertiary/aromatic N) is 1. The van der Waals surface area contributed by atoms with Gasteiger partial charge in [-0.25, -0.2) is 8.42 Å². The zero-order valence-corrected chi connectivity index (χ0v) is 19.4. The third-order valence-electron chi connectivity index (χ3n) is 4.96. The molecule has 0 saturated heterocycles. The van der Waals surface area contributed by atoms with E-state index in [0.717, 1.165) is 11.3 Å². The molecule has 164 valence electrons. The van der Waals surface area contributed by atoms with E-state index >= 15 is 0 Å². The molecule has 5 nitrogen and oxygen atoms in total. The Bertz CT molecular complexity index is 1090. The molecule has 3 rings (SSSR count). The topological polar surface area (TPSA) is 63.7 Å². The fourth-order valence-electron chi connectivity index (χ4n) is 3.22. The van der Waals surface area contributed by atoms with Crippen molar-refractivity contribution in [2.45, 2.75) is 24.8 Å². The van der Waals surface area contributed by atoms with Crippen molar-refractivity contribution in [1.82, 2.24) is 4.90 Å². The third-order valence-corrected chi connectivity index (χ3v) is 7.64. The van der Waals surface area contributed by atoms with Crippen LogP contribution in [0, 0.1) is 6.92 Å². The number of aryl methyl sites for hydroxylation is 1. The second kappa shape index (κ2) is 10.7. The number of methoxy groups -OCH3 is 1. The monoisotopic (exact) mass is 457 g/mol. The van der Waals surface area contributed by atoms with E-state index < -0.39 is 9.84 Å². The summed E-state index contributed by atoms with van der Waals surface area (Å²) in [6, 6.07) is 20.4. The molecule has 0 saturated carbocycles. The maximum atomic E-state index is 13.3. The Morgan fingerprint density at radius 3 is 2.32 bits per heavy atom. The van der Waals surface area contributed by atoms with E-state index in [1.807, 2.05) is 36.1 Å². The number of sulfone groups is 1. The van der Waals surface area contributed by atoms with Gasteiger partial charge in [0.15, 0.2) is 9.84 Å². The molecule has 0 aliphatic heterocycles. The molecular weight excluding hydrogens is 430 g/mol. The summed E-state index contributed by atoms with van der Waals surface area (Å²) in [4.78, 5) is 17.6. The van der Waals surface area contributed by atoms with Crippen LogP contribution in [0.2, 0.25) is 0 Å². The van der Waals surface area contributed by atoms with Gasteiger partial charge in [-0.3, -0.25) is 4.79 Å². The van der Waals surface area contributed by atoms with Gasteiger partial charge in [0, 0.05) is 29.0 Å². The van der Waals surface area contributed by atoms with Gasteiger partial charge in [-0.2, -0.15) is 0 Å². The lowest BCUT2D eigenvalue weighted by molar-refractivity contribution is 0.0746. The Morgan fingerprint density at radius 2 is 1.71 bits per heavy atom. The van der Waals surface area contributed by atoms with Crippen molar-refractivity contribution in [2.75, 3.05) is 26.0 Å². The second-order valence-electron chi connectivity index (χ2n) is 7.31. The molecule has 0 aliphatic carbocycles. The van der Waals surface area contributed by atoms with E-state index in [1.54, 1.807) is 23.5 Å². The van der Waals surface area contributed by atoms with Crippen LogP contribution in [0.1, 0.15) is 25.7 Å². The molecule has 0 atom stereocenters.